The van der Waals surface area contributed by atoms with E-state index in [0.29, 0.717) is 95.6 Å². The van der Waals surface area contributed by atoms with Gasteiger partial charge in [-0.3, -0.25) is 49.2 Å². The highest BCUT2D eigenvalue weighted by atomic mass is 35.5. The number of halogens is 1. The fourth-order valence-corrected chi connectivity index (χ4v) is 59.7. The minimum absolute atomic E-state index is 0.0272. The molecule has 30 nitrogen and oxygen atoms in total. The van der Waals surface area contributed by atoms with Gasteiger partial charge >= 0.3 is 12.2 Å². The van der Waals surface area contributed by atoms with E-state index in [-0.39, 0.29) is 94.7 Å². The second-order valence-corrected chi connectivity index (χ2v) is 67.1. The summed E-state index contributed by atoms with van der Waals surface area (Å²) in [6, 6.07) is 60.8. The van der Waals surface area contributed by atoms with Crippen molar-refractivity contribution in [1.29, 1.82) is 0 Å². The summed E-state index contributed by atoms with van der Waals surface area (Å²) in [6.45, 7) is 30.0. The average Bonchev–Trinajstić information content (AvgIpc) is 0.810. The number of aromatic nitrogens is 6. The lowest BCUT2D eigenvalue weighted by Gasteiger charge is -2.45. The standard InChI is InChI=1S/C34H38N6O5.C29H30N6O3.C18H27N3O3.C17H13ClN2O2.S20/c1-21-19-39(20-22(2)40(21)33(43)45-34(3,4)5)25-12-10-23(11-13-25)30(41)38-32-36-17-16-29(37-32)44-26-14-15-27-24(18-26)8-7-9-28(27)31(42)35-6;1-18-16-35(17-19(2)32-18)22-9-7-20(8-10-22)27(36)34-29-31-14-13-26(33-29)38-23-11-12-24-21(15-23)5-4-6-25(24)28(37)30-3;1-12-10-20(15-8-6-14(7-9-15)16(19)22)11-13(2)21(12)17(23)24-18(3,4)5;1-2-15(21)14-5-3-4-11-10-12(6-7-13(11)14)22-16-8-9-19-17(18)20-16;1-3-5-7-9-11-13-15-17-19-20-18-16-14-12-10-8-6-4-2/h7-18,21-22H,19-20H2,1-6H3,(H,35,42)(H,36,37,38,41);4-15,18-19,32H,16-17H2,1-3H3,(H,30,37)(H,31,33,34,36);6-9,12-13H,10-11H2,1-5H3,(H2,19,22);3-10H,2H2,1H3;/t21-,22+;18-,19+;12-,13+;;. The van der Waals surface area contributed by atoms with Crippen LogP contribution < -0.4 is 61.2 Å². The highest BCUT2D eigenvalue weighted by molar-refractivity contribution is 8.78. The van der Waals surface area contributed by atoms with E-state index in [1.54, 1.807) is 233 Å². The largest absolute Gasteiger partial charge is 0.444 e. The van der Waals surface area contributed by atoms with Gasteiger partial charge in [0.2, 0.25) is 40.7 Å². The van der Waals surface area contributed by atoms with E-state index in [1.165, 1.54) is 36.4 Å². The van der Waals surface area contributed by atoms with Crippen LogP contribution in [0.3, 0.4) is 0 Å². The minimum Gasteiger partial charge on any atom is -0.444 e. The van der Waals surface area contributed by atoms with Gasteiger partial charge in [0.05, 0.1) is 24.2 Å². The second-order valence-electron chi connectivity index (χ2n) is 34.9. The van der Waals surface area contributed by atoms with Gasteiger partial charge in [-0.15, -0.1) is 0 Å². The number of nitrogens with one attached hydrogen (secondary N) is 5. The van der Waals surface area contributed by atoms with Crippen molar-refractivity contribution in [3.05, 3.63) is 257 Å². The topological polar surface area (TPSA) is 362 Å². The molecule has 9 aromatic carbocycles. The molecular weight excluding hydrogens is 2300 g/mol. The fraction of sp³-hybridized carbons (Fsp3) is 0.306. The lowest BCUT2D eigenvalue weighted by Crippen LogP contribution is -2.59. The number of primary amides is 1. The Morgan fingerprint density at radius 3 is 1.02 bits per heavy atom. The van der Waals surface area contributed by atoms with Crippen LogP contribution >= 0.6 is 11.6 Å². The summed E-state index contributed by atoms with van der Waals surface area (Å²) >= 11 is 15.2. The smallest absolute Gasteiger partial charge is 0.410 e. The first kappa shape index (κ1) is 119. The maximum Gasteiger partial charge on any atom is 0.410 e. The van der Waals surface area contributed by atoms with E-state index < -0.39 is 17.1 Å². The number of ether oxygens (including phenoxy) is 5. The molecule has 0 aliphatic carbocycles. The summed E-state index contributed by atoms with van der Waals surface area (Å²) in [6.07, 6.45) is 4.47. The zero-order valence-corrected chi connectivity index (χ0v) is 100. The molecule has 3 aromatic heterocycles. The molecule has 12 aromatic rings. The zero-order valence-electron chi connectivity index (χ0n) is 83.0. The van der Waals surface area contributed by atoms with E-state index in [2.05, 4.69) is 85.0 Å². The normalized spacial score (nSPS) is 15.4. The number of Topliss-reactive ketones (excluding diaryl/α,β-unsaturated/α-hetero) is 1. The number of nitrogens with two attached hydrogens (primary N) is 1. The summed E-state index contributed by atoms with van der Waals surface area (Å²) in [5.41, 5.74) is 10.6. The van der Waals surface area contributed by atoms with Crippen molar-refractivity contribution in [2.24, 2.45) is 5.73 Å². The number of anilines is 5. The summed E-state index contributed by atoms with van der Waals surface area (Å²) in [7, 11) is 34.0. The number of amides is 7. The molecule has 3 fully saturated rings. The van der Waals surface area contributed by atoms with E-state index in [0.717, 1.165) is 68.0 Å². The van der Waals surface area contributed by atoms with Crippen LogP contribution in [-0.2, 0) is 192 Å². The van der Waals surface area contributed by atoms with Gasteiger partial charge in [0.15, 0.2) is 5.78 Å². The van der Waals surface area contributed by atoms with Crippen molar-refractivity contribution in [3.63, 3.8) is 0 Å². The van der Waals surface area contributed by atoms with Crippen molar-refractivity contribution in [2.75, 3.05) is 78.7 Å². The molecular formula is C98H108ClN17O13S20. The van der Waals surface area contributed by atoms with Gasteiger partial charge in [-0.05, 0) is 267 Å². The minimum atomic E-state index is -0.554. The molecule has 15 rings (SSSR count). The van der Waals surface area contributed by atoms with Gasteiger partial charge in [-0.2, -0.15) is 15.0 Å². The molecule has 790 valence electrons. The Hall–Kier alpha value is -9.99. The molecule has 0 spiro atoms. The molecule has 6 atom stereocenters. The molecule has 3 saturated heterocycles. The fourth-order valence-electron chi connectivity index (χ4n) is 15.7. The van der Waals surface area contributed by atoms with Crippen LogP contribution in [0.1, 0.15) is 159 Å². The predicted molar refractivity (Wildman–Crippen MR) is 648 cm³/mol. The van der Waals surface area contributed by atoms with Gasteiger partial charge in [0.25, 0.3) is 23.6 Å². The van der Waals surface area contributed by atoms with Gasteiger partial charge in [0, 0.05) is 341 Å². The van der Waals surface area contributed by atoms with Crippen molar-refractivity contribution in [1.82, 2.24) is 55.7 Å². The Balaban J connectivity index is 0.000000184. The molecule has 6 heterocycles. The van der Waals surface area contributed by atoms with Crippen LogP contribution in [0.5, 0.6) is 34.9 Å². The van der Waals surface area contributed by atoms with Crippen molar-refractivity contribution in [2.45, 2.75) is 144 Å². The Bertz CT molecular complexity index is 7720. The highest BCUT2D eigenvalue weighted by Gasteiger charge is 2.38. The first-order chi connectivity index (χ1) is 71.5. The monoisotopic (exact) mass is 2410 g/mol. The first-order valence-electron chi connectivity index (χ1n) is 45.7. The summed E-state index contributed by atoms with van der Waals surface area (Å²) < 4.78 is 28.7. The summed E-state index contributed by atoms with van der Waals surface area (Å²) in [5.74, 6) is 1.59. The van der Waals surface area contributed by atoms with Crippen LogP contribution in [0.15, 0.2) is 219 Å². The third-order valence-corrected chi connectivity index (χ3v) is 59.6. The molecule has 0 bridgehead atoms. The third-order valence-electron chi connectivity index (χ3n) is 21.7. The Labute approximate surface area is 930 Å². The molecule has 3 aliphatic rings. The van der Waals surface area contributed by atoms with E-state index in [4.69, 9.17) is 63.4 Å². The lowest BCUT2D eigenvalue weighted by atomic mass is 10.00. The molecule has 7 N–H and O–H groups in total. The molecule has 0 radical (unpaired) electrons. The molecule has 0 unspecified atom stereocenters. The number of hydrogen-bond acceptors (Lipinski definition) is 25. The van der Waals surface area contributed by atoms with Crippen LogP contribution in [0.2, 0.25) is 5.28 Å². The highest BCUT2D eigenvalue weighted by Crippen LogP contribution is 2.34. The van der Waals surface area contributed by atoms with Gasteiger partial charge in [-0.25, -0.2) is 24.5 Å². The molecule has 7 amide bonds. The van der Waals surface area contributed by atoms with Gasteiger partial charge in [0.1, 0.15) is 28.5 Å². The summed E-state index contributed by atoms with van der Waals surface area (Å²) in [5, 5.41) is 19.6. The zero-order chi connectivity index (χ0) is 107. The predicted octanol–water partition coefficient (Wildman–Crippen LogP) is 17.3. The average molecular weight is 2410 g/mol. The number of rotatable bonds is 18. The molecule has 51 heteroatoms. The Morgan fingerprint density at radius 1 is 0.396 bits per heavy atom. The Morgan fingerprint density at radius 2 is 0.705 bits per heavy atom. The molecule has 3 aliphatic heterocycles. The number of fused-ring (bicyclic) bond motifs is 3. The van der Waals surface area contributed by atoms with Crippen LogP contribution in [-0.4, -0.2) is 188 Å². The number of nitrogens with zero attached hydrogens (tertiary/aromatic N) is 11. The van der Waals surface area contributed by atoms with E-state index in [1.807, 2.05) is 210 Å². The Kier molecular flexibility index (Phi) is 47.9. The van der Waals surface area contributed by atoms with Crippen molar-refractivity contribution < 1.29 is 62.0 Å². The van der Waals surface area contributed by atoms with Crippen molar-refractivity contribution in [3.8, 4) is 34.9 Å². The number of benzene rings is 9. The lowest BCUT2D eigenvalue weighted by molar-refractivity contribution is 0.00449. The number of carbonyl (C=O) groups excluding carboxylic acids is 8. The van der Waals surface area contributed by atoms with Crippen LogP contribution in [0, 0.1) is 0 Å². The third kappa shape index (κ3) is 37.8. The number of ketones is 1. The summed E-state index contributed by atoms with van der Waals surface area (Å²) in [4.78, 5) is 134. The van der Waals surface area contributed by atoms with Crippen molar-refractivity contribution >= 4 is 303 Å². The van der Waals surface area contributed by atoms with Gasteiger partial charge < -0.3 is 60.1 Å². The van der Waals surface area contributed by atoms with Crippen LogP contribution in [0.4, 0.5) is 38.5 Å². The number of hydrogen-bond donors (Lipinski definition) is 6. The quantitative estimate of drug-likeness (QED) is 0.0343. The molecule has 149 heavy (non-hydrogen) atoms. The maximum absolute atomic E-state index is 13.0. The number of piperazine rings is 3. The molecule has 0 saturated carbocycles. The first-order valence-corrected chi connectivity index (χ1v) is 71.4. The SMILES string of the molecule is CCC(=O)c1cccc2cc(Oc3ccnc(Cl)n3)ccc12.CNC(=O)c1cccc2cc(Oc3ccnc(NC(=O)c4ccc(N5C[C@@H](C)N(C(=O)OC(C)(C)C)[C@@H](C)C5)cc4)n3)ccc12.CNC(=O)c1cccc2cc(Oc3ccnc(NC(=O)c4ccc(N5C[C@@H](C)N[C@@H](C)C5)cc4)n3)ccc12.C[C@@H]1CN(c2ccc(C(N)=O)cc2)C[C@H](C)N1C(=O)OC(C)(C)C.S=S=S=S=S=S=S=S=S=S=S=S=S=S=S=S=S=S=S=S. The second kappa shape index (κ2) is 59.9. The maximum atomic E-state index is 13.0. The van der Waals surface area contributed by atoms with E-state index in [9.17, 15) is 38.4 Å². The number of carbonyl (C=O) groups is 8. The van der Waals surface area contributed by atoms with E-state index >= 15 is 0 Å². The van der Waals surface area contributed by atoms with Crippen LogP contribution in [0.25, 0.3) is 32.3 Å². The van der Waals surface area contributed by atoms with Gasteiger partial charge in [-0.1, -0.05) is 49.4 Å².